The third kappa shape index (κ3) is 5.84. The van der Waals surface area contributed by atoms with E-state index in [0.717, 1.165) is 5.56 Å². The minimum absolute atomic E-state index is 0.118. The van der Waals surface area contributed by atoms with E-state index in [-0.39, 0.29) is 11.5 Å². The number of carbonyl (C=O) groups is 1. The van der Waals surface area contributed by atoms with Crippen molar-refractivity contribution in [3.05, 3.63) is 60.7 Å². The Labute approximate surface area is 182 Å². The van der Waals surface area contributed by atoms with Crippen molar-refractivity contribution in [3.8, 4) is 11.5 Å². The van der Waals surface area contributed by atoms with Gasteiger partial charge in [-0.2, -0.15) is 4.31 Å². The van der Waals surface area contributed by atoms with Crippen LogP contribution in [0.3, 0.4) is 0 Å². The number of morpholine rings is 1. The van der Waals surface area contributed by atoms with Gasteiger partial charge in [-0.15, -0.1) is 6.58 Å². The molecule has 0 spiro atoms. The fraction of sp³-hybridized carbons (Fsp3) is 0.318. The molecule has 1 aliphatic heterocycles. The zero-order chi connectivity index (χ0) is 22.3. The normalized spacial score (nSPS) is 14.6. The van der Waals surface area contributed by atoms with E-state index >= 15 is 0 Å². The number of carbonyl (C=O) groups excluding carboxylic acids is 1. The molecule has 1 aliphatic rings. The van der Waals surface area contributed by atoms with E-state index in [0.29, 0.717) is 49.9 Å². The maximum Gasteiger partial charge on any atom is 0.262 e. The molecule has 8 nitrogen and oxygen atoms in total. The molecule has 3 rings (SSSR count). The molecule has 0 atom stereocenters. The molecule has 1 N–H and O–H groups in total. The number of nitrogens with zero attached hydrogens (tertiary/aromatic N) is 1. The lowest BCUT2D eigenvalue weighted by molar-refractivity contribution is -0.118. The monoisotopic (exact) mass is 446 g/mol. The average Bonchev–Trinajstić information content (AvgIpc) is 2.79. The summed E-state index contributed by atoms with van der Waals surface area (Å²) in [6, 6.07) is 11.6. The Morgan fingerprint density at radius 3 is 2.68 bits per heavy atom. The predicted molar refractivity (Wildman–Crippen MR) is 117 cm³/mol. The smallest absolute Gasteiger partial charge is 0.262 e. The first-order chi connectivity index (χ1) is 14.9. The maximum absolute atomic E-state index is 12.8. The lowest BCUT2D eigenvalue weighted by Crippen LogP contribution is -2.40. The summed E-state index contributed by atoms with van der Waals surface area (Å²) < 4.78 is 43.1. The summed E-state index contributed by atoms with van der Waals surface area (Å²) in [7, 11) is -2.12. The second kappa shape index (κ2) is 10.4. The van der Waals surface area contributed by atoms with Crippen LogP contribution >= 0.6 is 0 Å². The molecule has 0 aromatic heterocycles. The van der Waals surface area contributed by atoms with E-state index < -0.39 is 15.9 Å². The Bertz CT molecular complexity index is 1030. The van der Waals surface area contributed by atoms with Gasteiger partial charge in [0.05, 0.1) is 25.2 Å². The third-order valence-electron chi connectivity index (χ3n) is 4.69. The number of nitrogens with one attached hydrogen (secondary N) is 1. The highest BCUT2D eigenvalue weighted by molar-refractivity contribution is 7.89. The Kier molecular flexibility index (Phi) is 7.67. The van der Waals surface area contributed by atoms with Crippen LogP contribution in [-0.2, 0) is 26.0 Å². The van der Waals surface area contributed by atoms with Crippen molar-refractivity contribution in [1.82, 2.24) is 4.31 Å². The molecule has 2 aromatic rings. The SMILES string of the molecule is C=CCc1ccc(OCC(=O)Nc2cccc(S(=O)(=O)N3CCOCC3)c2)c(OC)c1. The summed E-state index contributed by atoms with van der Waals surface area (Å²) in [4.78, 5) is 12.5. The van der Waals surface area contributed by atoms with Gasteiger partial charge in [0, 0.05) is 18.8 Å². The number of allylic oxidation sites excluding steroid dienone is 1. The van der Waals surface area contributed by atoms with Gasteiger partial charge in [0.15, 0.2) is 18.1 Å². The van der Waals surface area contributed by atoms with Gasteiger partial charge in [-0.05, 0) is 42.3 Å². The average molecular weight is 447 g/mol. The number of methoxy groups -OCH3 is 1. The Morgan fingerprint density at radius 1 is 1.19 bits per heavy atom. The van der Waals surface area contributed by atoms with Crippen molar-refractivity contribution in [1.29, 1.82) is 0 Å². The molecule has 1 heterocycles. The Morgan fingerprint density at radius 2 is 1.97 bits per heavy atom. The molecule has 31 heavy (non-hydrogen) atoms. The van der Waals surface area contributed by atoms with Gasteiger partial charge in [0.1, 0.15) is 0 Å². The zero-order valence-corrected chi connectivity index (χ0v) is 18.2. The summed E-state index contributed by atoms with van der Waals surface area (Å²) in [5, 5.41) is 2.67. The lowest BCUT2D eigenvalue weighted by atomic mass is 10.1. The number of hydrogen-bond acceptors (Lipinski definition) is 6. The molecule has 1 amide bonds. The highest BCUT2D eigenvalue weighted by Crippen LogP contribution is 2.28. The second-order valence-electron chi connectivity index (χ2n) is 6.86. The minimum Gasteiger partial charge on any atom is -0.493 e. The lowest BCUT2D eigenvalue weighted by Gasteiger charge is -2.26. The summed E-state index contributed by atoms with van der Waals surface area (Å²) in [5.74, 6) is 0.540. The van der Waals surface area contributed by atoms with Crippen molar-refractivity contribution in [3.63, 3.8) is 0 Å². The molecule has 1 fully saturated rings. The molecule has 166 valence electrons. The molecule has 9 heteroatoms. The zero-order valence-electron chi connectivity index (χ0n) is 17.4. The largest absolute Gasteiger partial charge is 0.493 e. The number of benzene rings is 2. The maximum atomic E-state index is 12.8. The minimum atomic E-state index is -3.65. The van der Waals surface area contributed by atoms with Crippen LogP contribution < -0.4 is 14.8 Å². The highest BCUT2D eigenvalue weighted by atomic mass is 32.2. The molecular formula is C22H26N2O6S. The van der Waals surface area contributed by atoms with Gasteiger partial charge in [-0.3, -0.25) is 4.79 Å². The molecule has 0 unspecified atom stereocenters. The summed E-state index contributed by atoms with van der Waals surface area (Å²) >= 11 is 0. The highest BCUT2D eigenvalue weighted by Gasteiger charge is 2.26. The quantitative estimate of drug-likeness (QED) is 0.595. The third-order valence-corrected chi connectivity index (χ3v) is 6.59. The van der Waals surface area contributed by atoms with Gasteiger partial charge < -0.3 is 19.5 Å². The van der Waals surface area contributed by atoms with E-state index in [1.165, 1.54) is 23.5 Å². The van der Waals surface area contributed by atoms with Crippen molar-refractivity contribution < 1.29 is 27.4 Å². The number of anilines is 1. The number of ether oxygens (including phenoxy) is 3. The fourth-order valence-corrected chi connectivity index (χ4v) is 4.59. The first-order valence-electron chi connectivity index (χ1n) is 9.82. The van der Waals surface area contributed by atoms with E-state index in [4.69, 9.17) is 14.2 Å². The second-order valence-corrected chi connectivity index (χ2v) is 8.80. The molecule has 1 saturated heterocycles. The Hall–Kier alpha value is -2.88. The van der Waals surface area contributed by atoms with Crippen LogP contribution in [0, 0.1) is 0 Å². The van der Waals surface area contributed by atoms with Gasteiger partial charge in [-0.25, -0.2) is 8.42 Å². The first-order valence-corrected chi connectivity index (χ1v) is 11.3. The van der Waals surface area contributed by atoms with Crippen LogP contribution in [0.25, 0.3) is 0 Å². The van der Waals surface area contributed by atoms with Gasteiger partial charge in [0.25, 0.3) is 5.91 Å². The van der Waals surface area contributed by atoms with E-state index in [1.807, 2.05) is 12.1 Å². The predicted octanol–water partition coefficient (Wildman–Crippen LogP) is 2.46. The molecule has 0 bridgehead atoms. The standard InChI is InChI=1S/C22H26N2O6S/c1-3-5-17-8-9-20(21(14-17)28-2)30-16-22(25)23-18-6-4-7-19(15-18)31(26,27)24-10-12-29-13-11-24/h3-4,6-9,14-15H,1,5,10-13,16H2,2H3,(H,23,25). The number of sulfonamides is 1. The van der Waals surface area contributed by atoms with Crippen molar-refractivity contribution in [2.24, 2.45) is 0 Å². The van der Waals surface area contributed by atoms with Gasteiger partial charge in [-0.1, -0.05) is 18.2 Å². The number of amides is 1. The number of hydrogen-bond donors (Lipinski definition) is 1. The van der Waals surface area contributed by atoms with Gasteiger partial charge >= 0.3 is 0 Å². The summed E-state index contributed by atoms with van der Waals surface area (Å²) in [5.41, 5.74) is 1.39. The van der Waals surface area contributed by atoms with Crippen molar-refractivity contribution >= 4 is 21.6 Å². The van der Waals surface area contributed by atoms with Crippen LogP contribution in [0.4, 0.5) is 5.69 Å². The molecular weight excluding hydrogens is 420 g/mol. The molecule has 0 saturated carbocycles. The topological polar surface area (TPSA) is 94.2 Å². The van der Waals surface area contributed by atoms with E-state index in [2.05, 4.69) is 11.9 Å². The molecule has 2 aromatic carbocycles. The van der Waals surface area contributed by atoms with Crippen LogP contribution in [0.5, 0.6) is 11.5 Å². The van der Waals surface area contributed by atoms with Crippen molar-refractivity contribution in [2.75, 3.05) is 45.3 Å². The van der Waals surface area contributed by atoms with Crippen LogP contribution in [0.1, 0.15) is 5.56 Å². The van der Waals surface area contributed by atoms with Crippen molar-refractivity contribution in [2.45, 2.75) is 11.3 Å². The molecule has 0 aliphatic carbocycles. The molecule has 0 radical (unpaired) electrons. The van der Waals surface area contributed by atoms with E-state index in [1.54, 1.807) is 24.3 Å². The van der Waals surface area contributed by atoms with Crippen LogP contribution in [0.2, 0.25) is 0 Å². The first kappa shape index (κ1) is 22.8. The van der Waals surface area contributed by atoms with Crippen LogP contribution in [0.15, 0.2) is 60.0 Å². The summed E-state index contributed by atoms with van der Waals surface area (Å²) in [6.45, 7) is 4.80. The number of rotatable bonds is 9. The fourth-order valence-electron chi connectivity index (χ4n) is 3.14. The van der Waals surface area contributed by atoms with E-state index in [9.17, 15) is 13.2 Å². The van der Waals surface area contributed by atoms with Gasteiger partial charge in [0.2, 0.25) is 10.0 Å². The summed E-state index contributed by atoms with van der Waals surface area (Å²) in [6.07, 6.45) is 2.48. The Balaban J connectivity index is 1.64. The van der Waals surface area contributed by atoms with Crippen LogP contribution in [-0.4, -0.2) is 58.7 Å².